The summed E-state index contributed by atoms with van der Waals surface area (Å²) in [6.07, 6.45) is 11.9. The molecule has 0 bridgehead atoms. The van der Waals surface area contributed by atoms with Gasteiger partial charge in [0.1, 0.15) is 5.69 Å². The number of nitrogens with zero attached hydrogens (tertiary/aromatic N) is 1. The molecule has 1 N–H and O–H groups in total. The highest BCUT2D eigenvalue weighted by atomic mass is 15.0. The number of aromatic nitrogens is 1. The van der Waals surface area contributed by atoms with Gasteiger partial charge in [-0.15, -0.1) is 0 Å². The van der Waals surface area contributed by atoms with Gasteiger partial charge in [-0.3, -0.25) is 0 Å². The largest absolute Gasteiger partial charge is 0.357 e. The van der Waals surface area contributed by atoms with Crippen LogP contribution in [0.2, 0.25) is 0 Å². The molecule has 2 nitrogen and oxygen atoms in total. The van der Waals surface area contributed by atoms with Gasteiger partial charge in [0, 0.05) is 18.3 Å². The van der Waals surface area contributed by atoms with Crippen LogP contribution in [0.1, 0.15) is 5.69 Å². The highest BCUT2D eigenvalue weighted by Gasteiger charge is 1.99. The summed E-state index contributed by atoms with van der Waals surface area (Å²) in [5.74, 6) is 0. The molecule has 0 aromatic carbocycles. The zero-order valence-corrected chi connectivity index (χ0v) is 6.07. The van der Waals surface area contributed by atoms with Gasteiger partial charge in [0.15, 0.2) is 18.6 Å². The molecule has 1 aromatic heterocycles. The number of allylic oxidation sites excluding steroid dienone is 2. The molecule has 0 radical (unpaired) electrons. The Morgan fingerprint density at radius 2 is 2.09 bits per heavy atom. The van der Waals surface area contributed by atoms with Gasteiger partial charge in [0.25, 0.3) is 0 Å². The maximum absolute atomic E-state index is 3.10. The van der Waals surface area contributed by atoms with Gasteiger partial charge in [-0.25, -0.2) is 0 Å². The van der Waals surface area contributed by atoms with Crippen molar-refractivity contribution in [3.05, 3.63) is 48.6 Å². The van der Waals surface area contributed by atoms with Gasteiger partial charge in [-0.1, -0.05) is 0 Å². The van der Waals surface area contributed by atoms with E-state index in [9.17, 15) is 0 Å². The van der Waals surface area contributed by atoms with Crippen LogP contribution in [0.25, 0.3) is 0 Å². The maximum Gasteiger partial charge on any atom is 0.198 e. The van der Waals surface area contributed by atoms with E-state index in [1.807, 2.05) is 53.7 Å². The summed E-state index contributed by atoms with van der Waals surface area (Å²) in [5, 5.41) is 0. The Labute approximate surface area is 65.2 Å². The van der Waals surface area contributed by atoms with Gasteiger partial charge >= 0.3 is 0 Å². The van der Waals surface area contributed by atoms with Gasteiger partial charge < -0.3 is 4.98 Å². The van der Waals surface area contributed by atoms with Crippen molar-refractivity contribution in [3.63, 3.8) is 0 Å². The van der Waals surface area contributed by atoms with E-state index in [4.69, 9.17) is 0 Å². The van der Waals surface area contributed by atoms with Crippen molar-refractivity contribution in [2.45, 2.75) is 0 Å². The van der Waals surface area contributed by atoms with Crippen LogP contribution in [0.4, 0.5) is 0 Å². The Morgan fingerprint density at radius 1 is 1.27 bits per heavy atom. The van der Waals surface area contributed by atoms with Crippen molar-refractivity contribution >= 4 is 6.21 Å². The van der Waals surface area contributed by atoms with E-state index in [2.05, 4.69) is 4.98 Å². The fourth-order valence-corrected chi connectivity index (χ4v) is 1.02. The number of hydrogen-bond donors (Lipinski definition) is 1. The summed E-state index contributed by atoms with van der Waals surface area (Å²) >= 11 is 0. The molecule has 0 amide bonds. The van der Waals surface area contributed by atoms with Crippen LogP contribution in [0.15, 0.2) is 42.9 Å². The normalized spacial score (nSPS) is 14.4. The number of rotatable bonds is 1. The fourth-order valence-electron chi connectivity index (χ4n) is 1.02. The minimum absolute atomic E-state index is 1.11. The Kier molecular flexibility index (Phi) is 1.44. The van der Waals surface area contributed by atoms with Crippen molar-refractivity contribution in [2.24, 2.45) is 0 Å². The van der Waals surface area contributed by atoms with Crippen molar-refractivity contribution < 1.29 is 4.58 Å². The first-order valence-electron chi connectivity index (χ1n) is 3.56. The molecular formula is C9H9N2+. The second kappa shape index (κ2) is 2.58. The van der Waals surface area contributed by atoms with Crippen LogP contribution in [0.5, 0.6) is 0 Å². The molecule has 0 fully saturated rings. The summed E-state index contributed by atoms with van der Waals surface area (Å²) in [4.78, 5) is 3.10. The lowest BCUT2D eigenvalue weighted by molar-refractivity contribution is -0.367. The molecule has 1 aliphatic heterocycles. The highest BCUT2D eigenvalue weighted by Crippen LogP contribution is 1.95. The summed E-state index contributed by atoms with van der Waals surface area (Å²) in [5.41, 5.74) is 1.11. The van der Waals surface area contributed by atoms with E-state index in [-0.39, 0.29) is 0 Å². The Morgan fingerprint density at radius 3 is 2.73 bits per heavy atom. The Bertz CT molecular complexity index is 301. The quantitative estimate of drug-likeness (QED) is 0.577. The standard InChI is InChI=1S/C9H8N2/c1-2-7-11(6-1)8-9-4-3-5-10-9/h1-8H/p+1. The molecule has 0 saturated heterocycles. The van der Waals surface area contributed by atoms with E-state index in [0.717, 1.165) is 5.69 Å². The van der Waals surface area contributed by atoms with E-state index in [1.54, 1.807) is 0 Å². The molecule has 2 heteroatoms. The van der Waals surface area contributed by atoms with Crippen molar-refractivity contribution in [1.29, 1.82) is 0 Å². The first-order chi connectivity index (χ1) is 5.45. The minimum Gasteiger partial charge on any atom is -0.357 e. The average molecular weight is 145 g/mol. The zero-order chi connectivity index (χ0) is 7.52. The van der Waals surface area contributed by atoms with Gasteiger partial charge in [0.05, 0.1) is 0 Å². The summed E-state index contributed by atoms with van der Waals surface area (Å²) < 4.78 is 2.01. The average Bonchev–Trinajstić information content (AvgIpc) is 2.60. The Hall–Kier alpha value is -1.57. The molecule has 2 rings (SSSR count). The lowest BCUT2D eigenvalue weighted by Crippen LogP contribution is -1.95. The van der Waals surface area contributed by atoms with Gasteiger partial charge in [-0.05, 0) is 12.1 Å². The zero-order valence-electron chi connectivity index (χ0n) is 6.07. The molecule has 2 heterocycles. The molecule has 0 atom stereocenters. The molecule has 1 aromatic rings. The van der Waals surface area contributed by atoms with Crippen LogP contribution >= 0.6 is 0 Å². The van der Waals surface area contributed by atoms with E-state index in [0.29, 0.717) is 0 Å². The van der Waals surface area contributed by atoms with Crippen molar-refractivity contribution in [1.82, 2.24) is 4.98 Å². The van der Waals surface area contributed by atoms with Crippen LogP contribution in [-0.4, -0.2) is 15.8 Å². The monoisotopic (exact) mass is 145 g/mol. The van der Waals surface area contributed by atoms with E-state index >= 15 is 0 Å². The molecule has 0 aliphatic carbocycles. The molecule has 11 heavy (non-hydrogen) atoms. The molecule has 0 saturated carbocycles. The summed E-state index contributed by atoms with van der Waals surface area (Å²) in [7, 11) is 0. The third-order valence-corrected chi connectivity index (χ3v) is 1.54. The molecule has 54 valence electrons. The third kappa shape index (κ3) is 1.29. The van der Waals surface area contributed by atoms with Crippen LogP contribution in [0.3, 0.4) is 0 Å². The van der Waals surface area contributed by atoms with Crippen molar-refractivity contribution in [3.8, 4) is 0 Å². The highest BCUT2D eigenvalue weighted by molar-refractivity contribution is 5.73. The summed E-state index contributed by atoms with van der Waals surface area (Å²) in [6.45, 7) is 0. The molecular weight excluding hydrogens is 136 g/mol. The maximum atomic E-state index is 3.10. The number of H-pyrrole nitrogens is 1. The molecule has 0 spiro atoms. The lowest BCUT2D eigenvalue weighted by Gasteiger charge is -1.81. The number of hydrogen-bond acceptors (Lipinski definition) is 0. The molecule has 0 unspecified atom stereocenters. The van der Waals surface area contributed by atoms with Gasteiger partial charge in [0.2, 0.25) is 0 Å². The predicted octanol–water partition coefficient (Wildman–Crippen LogP) is 1.49. The Balaban J connectivity index is 2.28. The number of nitrogens with one attached hydrogen (secondary N) is 1. The van der Waals surface area contributed by atoms with Gasteiger partial charge in [-0.2, -0.15) is 4.58 Å². The number of aromatic amines is 1. The van der Waals surface area contributed by atoms with Crippen LogP contribution in [0, 0.1) is 0 Å². The van der Waals surface area contributed by atoms with Crippen LogP contribution in [-0.2, 0) is 0 Å². The van der Waals surface area contributed by atoms with E-state index in [1.165, 1.54) is 0 Å². The first-order valence-corrected chi connectivity index (χ1v) is 3.56. The van der Waals surface area contributed by atoms with Crippen molar-refractivity contribution in [2.75, 3.05) is 0 Å². The lowest BCUT2D eigenvalue weighted by atomic mass is 10.5. The topological polar surface area (TPSA) is 18.8 Å². The second-order valence-corrected chi connectivity index (χ2v) is 2.38. The smallest absolute Gasteiger partial charge is 0.198 e. The predicted molar refractivity (Wildman–Crippen MR) is 44.5 cm³/mol. The second-order valence-electron chi connectivity index (χ2n) is 2.38. The minimum atomic E-state index is 1.11. The fraction of sp³-hybridized carbons (Fsp3) is 0. The summed E-state index contributed by atoms with van der Waals surface area (Å²) in [6, 6.07) is 4.01. The van der Waals surface area contributed by atoms with E-state index < -0.39 is 0 Å². The first kappa shape index (κ1) is 6.16. The SMILES string of the molecule is C1=C[N+](=Cc2ccc[nH]2)C=C1. The van der Waals surface area contributed by atoms with Crippen LogP contribution < -0.4 is 0 Å². The third-order valence-electron chi connectivity index (χ3n) is 1.54. The molecule has 1 aliphatic rings.